The highest BCUT2D eigenvalue weighted by molar-refractivity contribution is 7.99. The molecule has 2 aromatic carbocycles. The summed E-state index contributed by atoms with van der Waals surface area (Å²) in [6.45, 7) is 3.00. The largest absolute Gasteiger partial charge is 0.325 e. The highest BCUT2D eigenvalue weighted by Gasteiger charge is 2.26. The number of rotatable bonds is 8. The van der Waals surface area contributed by atoms with Crippen LogP contribution in [0.2, 0.25) is 5.02 Å². The lowest BCUT2D eigenvalue weighted by Crippen LogP contribution is -2.35. The average molecular weight is 583 g/mol. The number of pyridine rings is 1. The topological polar surface area (TPSA) is 110 Å². The number of piperidine rings is 1. The Bertz CT molecular complexity index is 1570. The van der Waals surface area contributed by atoms with Crippen molar-refractivity contribution >= 4 is 45.0 Å². The van der Waals surface area contributed by atoms with Gasteiger partial charge in [0.2, 0.25) is 15.9 Å². The molecule has 9 nitrogen and oxygen atoms in total. The molecule has 0 saturated carbocycles. The maximum absolute atomic E-state index is 12.9. The minimum absolute atomic E-state index is 0.0713. The van der Waals surface area contributed by atoms with E-state index in [1.54, 1.807) is 24.5 Å². The fourth-order valence-electron chi connectivity index (χ4n) is 4.40. The molecule has 5 rings (SSSR count). The van der Waals surface area contributed by atoms with Gasteiger partial charge in [-0.05, 0) is 73.9 Å². The number of carbonyl (C=O) groups excluding carboxylic acids is 1. The predicted octanol–water partition coefficient (Wildman–Crippen LogP) is 5.20. The fourth-order valence-corrected chi connectivity index (χ4v) is 6.83. The molecule has 0 atom stereocenters. The minimum Gasteiger partial charge on any atom is -0.325 e. The molecule has 1 fully saturated rings. The first-order chi connectivity index (χ1) is 18.8. The monoisotopic (exact) mass is 582 g/mol. The van der Waals surface area contributed by atoms with Crippen molar-refractivity contribution < 1.29 is 13.2 Å². The molecule has 1 aliphatic heterocycles. The second kappa shape index (κ2) is 11.9. The van der Waals surface area contributed by atoms with Crippen molar-refractivity contribution in [3.63, 3.8) is 0 Å². The summed E-state index contributed by atoms with van der Waals surface area (Å²) < 4.78 is 29.2. The van der Waals surface area contributed by atoms with E-state index in [1.807, 2.05) is 41.8 Å². The number of benzene rings is 2. The molecule has 0 bridgehead atoms. The number of carbonyl (C=O) groups is 1. The van der Waals surface area contributed by atoms with Gasteiger partial charge in [-0.3, -0.25) is 14.3 Å². The van der Waals surface area contributed by atoms with Gasteiger partial charge in [-0.15, -0.1) is 10.2 Å². The van der Waals surface area contributed by atoms with Crippen LogP contribution >= 0.6 is 23.4 Å². The third-order valence-corrected chi connectivity index (χ3v) is 9.73. The van der Waals surface area contributed by atoms with Crippen molar-refractivity contribution in [3.8, 4) is 17.1 Å². The lowest BCUT2D eigenvalue weighted by Gasteiger charge is -2.25. The summed E-state index contributed by atoms with van der Waals surface area (Å²) in [5.41, 5.74) is 3.02. The molecule has 0 aliphatic carbocycles. The molecule has 3 heterocycles. The third kappa shape index (κ3) is 6.01. The lowest BCUT2D eigenvalue weighted by molar-refractivity contribution is -0.113. The number of amides is 1. The molecule has 1 N–H and O–H groups in total. The number of thioether (sulfide) groups is 1. The second-order valence-corrected chi connectivity index (χ2v) is 12.4. The molecule has 202 valence electrons. The van der Waals surface area contributed by atoms with E-state index in [9.17, 15) is 13.2 Å². The summed E-state index contributed by atoms with van der Waals surface area (Å²) in [5.74, 6) is 0.424. The Labute approximate surface area is 236 Å². The van der Waals surface area contributed by atoms with Crippen LogP contribution in [0, 0.1) is 6.92 Å². The van der Waals surface area contributed by atoms with Crippen LogP contribution in [-0.4, -0.2) is 57.2 Å². The Morgan fingerprint density at radius 1 is 1.00 bits per heavy atom. The van der Waals surface area contributed by atoms with Crippen LogP contribution in [0.3, 0.4) is 0 Å². The molecule has 4 aromatic rings. The van der Waals surface area contributed by atoms with Crippen LogP contribution in [0.25, 0.3) is 17.1 Å². The van der Waals surface area contributed by atoms with Crippen LogP contribution in [0.4, 0.5) is 5.69 Å². The van der Waals surface area contributed by atoms with Gasteiger partial charge >= 0.3 is 0 Å². The quantitative estimate of drug-likeness (QED) is 0.284. The van der Waals surface area contributed by atoms with E-state index in [2.05, 4.69) is 20.5 Å². The number of sulfonamides is 1. The zero-order chi connectivity index (χ0) is 27.4. The Kier molecular flexibility index (Phi) is 8.31. The number of nitrogens with one attached hydrogen (secondary N) is 1. The van der Waals surface area contributed by atoms with Crippen LogP contribution in [0.1, 0.15) is 24.8 Å². The van der Waals surface area contributed by atoms with Gasteiger partial charge in [0.1, 0.15) is 0 Å². The first-order valence-electron chi connectivity index (χ1n) is 12.5. The van der Waals surface area contributed by atoms with Crippen LogP contribution in [0.15, 0.2) is 77.0 Å². The third-order valence-electron chi connectivity index (χ3n) is 6.48. The first kappa shape index (κ1) is 27.3. The van der Waals surface area contributed by atoms with Crippen molar-refractivity contribution in [1.82, 2.24) is 24.1 Å². The van der Waals surface area contributed by atoms with Crippen molar-refractivity contribution in [2.45, 2.75) is 36.2 Å². The second-order valence-electron chi connectivity index (χ2n) is 9.09. The molecule has 1 aliphatic rings. The predicted molar refractivity (Wildman–Crippen MR) is 153 cm³/mol. The standard InChI is InChI=1S/C27H27ClN6O3S2/c1-19-23(28)6-5-7-24(19)34-26(20-12-14-29-15-13-20)31-32-27(34)38-18-25(35)30-21-8-10-22(11-9-21)39(36,37)33-16-3-2-4-17-33/h5-15H,2-4,16-18H2,1H3,(H,30,35). The van der Waals surface area contributed by atoms with Gasteiger partial charge in [0.05, 0.1) is 16.3 Å². The Hall–Kier alpha value is -3.25. The molecule has 0 unspecified atom stereocenters. The van der Waals surface area contributed by atoms with Gasteiger partial charge in [-0.25, -0.2) is 8.42 Å². The number of halogens is 1. The van der Waals surface area contributed by atoms with Gasteiger partial charge in [0.15, 0.2) is 11.0 Å². The number of hydrogen-bond acceptors (Lipinski definition) is 7. The van der Waals surface area contributed by atoms with Crippen LogP contribution < -0.4 is 5.32 Å². The number of nitrogens with zero attached hydrogens (tertiary/aromatic N) is 5. The highest BCUT2D eigenvalue weighted by atomic mass is 35.5. The van der Waals surface area contributed by atoms with Crippen molar-refractivity contribution in [2.75, 3.05) is 24.2 Å². The lowest BCUT2D eigenvalue weighted by atomic mass is 10.2. The molecule has 12 heteroatoms. The summed E-state index contributed by atoms with van der Waals surface area (Å²) in [6, 6.07) is 15.6. The molecule has 0 spiro atoms. The molecule has 1 saturated heterocycles. The SMILES string of the molecule is Cc1c(Cl)cccc1-n1c(SCC(=O)Nc2ccc(S(=O)(=O)N3CCCCC3)cc2)nnc1-c1ccncc1. The molecular weight excluding hydrogens is 556 g/mol. The zero-order valence-electron chi connectivity index (χ0n) is 21.2. The van der Waals surface area contributed by atoms with E-state index < -0.39 is 10.0 Å². The molecule has 0 radical (unpaired) electrons. The minimum atomic E-state index is -3.53. The number of hydrogen-bond donors (Lipinski definition) is 1. The van der Waals surface area contributed by atoms with Gasteiger partial charge in [-0.2, -0.15) is 4.31 Å². The van der Waals surface area contributed by atoms with E-state index >= 15 is 0 Å². The Morgan fingerprint density at radius 3 is 2.44 bits per heavy atom. The van der Waals surface area contributed by atoms with E-state index in [0.717, 1.165) is 36.1 Å². The van der Waals surface area contributed by atoms with Crippen molar-refractivity contribution in [3.05, 3.63) is 77.6 Å². The molecular formula is C27H27ClN6O3S2. The van der Waals surface area contributed by atoms with Gasteiger partial charge < -0.3 is 5.32 Å². The van der Waals surface area contributed by atoms with Gasteiger partial charge in [-0.1, -0.05) is 35.9 Å². The van der Waals surface area contributed by atoms with E-state index in [-0.39, 0.29) is 16.6 Å². The smallest absolute Gasteiger partial charge is 0.243 e. The Morgan fingerprint density at radius 2 is 1.72 bits per heavy atom. The average Bonchev–Trinajstić information content (AvgIpc) is 3.38. The maximum atomic E-state index is 12.9. The Balaban J connectivity index is 1.31. The molecule has 1 amide bonds. The van der Waals surface area contributed by atoms with E-state index in [0.29, 0.717) is 34.8 Å². The first-order valence-corrected chi connectivity index (χ1v) is 15.3. The van der Waals surface area contributed by atoms with E-state index in [1.165, 1.54) is 28.2 Å². The van der Waals surface area contributed by atoms with Gasteiger partial charge in [0.25, 0.3) is 0 Å². The normalized spacial score (nSPS) is 14.3. The summed E-state index contributed by atoms with van der Waals surface area (Å²) >= 11 is 7.65. The highest BCUT2D eigenvalue weighted by Crippen LogP contribution is 2.31. The summed E-state index contributed by atoms with van der Waals surface area (Å²) in [4.78, 5) is 17.1. The number of anilines is 1. The summed E-state index contributed by atoms with van der Waals surface area (Å²) in [6.07, 6.45) is 6.17. The van der Waals surface area contributed by atoms with Crippen LogP contribution in [-0.2, 0) is 14.8 Å². The van der Waals surface area contributed by atoms with Crippen molar-refractivity contribution in [2.24, 2.45) is 0 Å². The molecule has 2 aromatic heterocycles. The number of aromatic nitrogens is 4. The maximum Gasteiger partial charge on any atom is 0.243 e. The zero-order valence-corrected chi connectivity index (χ0v) is 23.6. The fraction of sp³-hybridized carbons (Fsp3) is 0.259. The van der Waals surface area contributed by atoms with Crippen molar-refractivity contribution in [1.29, 1.82) is 0 Å². The van der Waals surface area contributed by atoms with Gasteiger partial charge in [0, 0.05) is 41.8 Å². The summed E-state index contributed by atoms with van der Waals surface area (Å²) in [7, 11) is -3.53. The molecule has 39 heavy (non-hydrogen) atoms. The summed E-state index contributed by atoms with van der Waals surface area (Å²) in [5, 5.41) is 12.7. The van der Waals surface area contributed by atoms with Crippen LogP contribution in [0.5, 0.6) is 0 Å². The van der Waals surface area contributed by atoms with E-state index in [4.69, 9.17) is 11.6 Å².